The molecule has 0 bridgehead atoms. The molecule has 2 heterocycles. The molecule has 0 aromatic carbocycles. The number of hydrogen-bond donors (Lipinski definition) is 2. The molecular formula is C11H20N2O2. The number of hydrogen-bond acceptors (Lipinski definition) is 3. The number of likely N-dealkylation sites (tertiary alicyclic amines) is 1. The second-order valence-corrected chi connectivity index (χ2v) is 4.80. The highest BCUT2D eigenvalue weighted by Crippen LogP contribution is 2.32. The average molecular weight is 212 g/mol. The van der Waals surface area contributed by atoms with Gasteiger partial charge in [-0.15, -0.1) is 0 Å². The first-order valence-electron chi connectivity index (χ1n) is 5.85. The molecule has 2 saturated heterocycles. The van der Waals surface area contributed by atoms with Crippen molar-refractivity contribution in [2.75, 3.05) is 20.1 Å². The van der Waals surface area contributed by atoms with Gasteiger partial charge >= 0.3 is 5.97 Å². The molecule has 0 aliphatic carbocycles. The van der Waals surface area contributed by atoms with E-state index in [0.717, 1.165) is 38.8 Å². The van der Waals surface area contributed by atoms with Crippen LogP contribution in [0.25, 0.3) is 0 Å². The fraction of sp³-hybridized carbons (Fsp3) is 0.909. The Labute approximate surface area is 90.6 Å². The van der Waals surface area contributed by atoms with Crippen molar-refractivity contribution >= 4 is 5.97 Å². The number of likely N-dealkylation sites (N-methyl/N-ethyl adjacent to an activating group) is 1. The van der Waals surface area contributed by atoms with E-state index in [-0.39, 0.29) is 6.04 Å². The van der Waals surface area contributed by atoms with E-state index in [1.165, 1.54) is 6.42 Å². The van der Waals surface area contributed by atoms with Gasteiger partial charge in [0.05, 0.1) is 0 Å². The van der Waals surface area contributed by atoms with Gasteiger partial charge in [-0.2, -0.15) is 0 Å². The standard InChI is InChI=1S/C11H20N2O2/c1-13-8-3-2-5-9(13)11(10(14)15)6-4-7-12-11/h9,12H,2-8H2,1H3,(H,14,15). The maximum Gasteiger partial charge on any atom is 0.325 e. The first kappa shape index (κ1) is 10.9. The molecule has 0 aromatic rings. The van der Waals surface area contributed by atoms with Crippen LogP contribution in [0.3, 0.4) is 0 Å². The quantitative estimate of drug-likeness (QED) is 0.706. The van der Waals surface area contributed by atoms with E-state index >= 15 is 0 Å². The van der Waals surface area contributed by atoms with Gasteiger partial charge in [0.2, 0.25) is 0 Å². The Hall–Kier alpha value is -0.610. The van der Waals surface area contributed by atoms with Gasteiger partial charge in [-0.25, -0.2) is 0 Å². The molecule has 2 fully saturated rings. The summed E-state index contributed by atoms with van der Waals surface area (Å²) in [5, 5.41) is 12.7. The van der Waals surface area contributed by atoms with Gasteiger partial charge in [-0.1, -0.05) is 6.42 Å². The summed E-state index contributed by atoms with van der Waals surface area (Å²) in [6, 6.07) is 0.172. The molecule has 2 N–H and O–H groups in total. The van der Waals surface area contributed by atoms with Crippen LogP contribution in [0.2, 0.25) is 0 Å². The lowest BCUT2D eigenvalue weighted by Gasteiger charge is -2.42. The van der Waals surface area contributed by atoms with Crippen molar-refractivity contribution in [2.24, 2.45) is 0 Å². The third-order valence-electron chi connectivity index (χ3n) is 3.91. The number of piperidine rings is 1. The van der Waals surface area contributed by atoms with E-state index in [9.17, 15) is 9.90 Å². The van der Waals surface area contributed by atoms with Crippen molar-refractivity contribution in [1.82, 2.24) is 10.2 Å². The molecule has 4 nitrogen and oxygen atoms in total. The number of carboxylic acids is 1. The van der Waals surface area contributed by atoms with Gasteiger partial charge in [0.25, 0.3) is 0 Å². The van der Waals surface area contributed by atoms with E-state index in [1.54, 1.807) is 0 Å². The minimum Gasteiger partial charge on any atom is -0.480 e. The number of nitrogens with zero attached hydrogens (tertiary/aromatic N) is 1. The Kier molecular flexibility index (Phi) is 2.98. The molecule has 2 unspecified atom stereocenters. The summed E-state index contributed by atoms with van der Waals surface area (Å²) in [5.74, 6) is -0.668. The Morgan fingerprint density at radius 1 is 1.47 bits per heavy atom. The van der Waals surface area contributed by atoms with Gasteiger partial charge in [-0.3, -0.25) is 4.79 Å². The highest BCUT2D eigenvalue weighted by molar-refractivity contribution is 5.80. The Balaban J connectivity index is 2.19. The van der Waals surface area contributed by atoms with Crippen LogP contribution in [0.1, 0.15) is 32.1 Å². The molecule has 0 saturated carbocycles. The van der Waals surface area contributed by atoms with Crippen LogP contribution in [-0.4, -0.2) is 47.7 Å². The minimum atomic E-state index is -0.671. The third-order valence-corrected chi connectivity index (χ3v) is 3.91. The van der Waals surface area contributed by atoms with Gasteiger partial charge in [0, 0.05) is 6.04 Å². The maximum atomic E-state index is 11.5. The van der Waals surface area contributed by atoms with E-state index in [4.69, 9.17) is 0 Å². The normalized spacial score (nSPS) is 38.1. The minimum absolute atomic E-state index is 0.172. The van der Waals surface area contributed by atoms with Crippen LogP contribution >= 0.6 is 0 Å². The number of carbonyl (C=O) groups is 1. The van der Waals surface area contributed by atoms with Crippen LogP contribution in [0.4, 0.5) is 0 Å². The summed E-state index contributed by atoms with van der Waals surface area (Å²) < 4.78 is 0. The van der Waals surface area contributed by atoms with E-state index in [1.807, 2.05) is 0 Å². The molecule has 2 atom stereocenters. The highest BCUT2D eigenvalue weighted by Gasteiger charge is 2.49. The second-order valence-electron chi connectivity index (χ2n) is 4.80. The molecule has 0 amide bonds. The summed E-state index contributed by atoms with van der Waals surface area (Å²) in [4.78, 5) is 13.7. The van der Waals surface area contributed by atoms with Gasteiger partial charge in [0.15, 0.2) is 0 Å². The molecule has 2 aliphatic heterocycles. The second kappa shape index (κ2) is 4.10. The summed E-state index contributed by atoms with van der Waals surface area (Å²) in [6.07, 6.45) is 5.12. The Bertz CT molecular complexity index is 249. The van der Waals surface area contributed by atoms with Crippen molar-refractivity contribution in [2.45, 2.75) is 43.7 Å². The van der Waals surface area contributed by atoms with Gasteiger partial charge in [-0.05, 0) is 45.8 Å². The van der Waals surface area contributed by atoms with Crippen LogP contribution in [-0.2, 0) is 4.79 Å². The summed E-state index contributed by atoms with van der Waals surface area (Å²) in [7, 11) is 2.05. The molecule has 0 spiro atoms. The smallest absolute Gasteiger partial charge is 0.325 e. The van der Waals surface area contributed by atoms with Crippen LogP contribution in [0, 0.1) is 0 Å². The molecule has 4 heteroatoms. The molecule has 0 radical (unpaired) electrons. The lowest BCUT2D eigenvalue weighted by Crippen LogP contribution is -2.63. The van der Waals surface area contributed by atoms with Crippen molar-refractivity contribution < 1.29 is 9.90 Å². The zero-order chi connectivity index (χ0) is 10.9. The molecule has 86 valence electrons. The summed E-state index contributed by atoms with van der Waals surface area (Å²) in [5.41, 5.74) is -0.671. The number of carboxylic acid groups (broad SMARTS) is 1. The van der Waals surface area contributed by atoms with Crippen molar-refractivity contribution in [3.05, 3.63) is 0 Å². The van der Waals surface area contributed by atoms with Crippen LogP contribution in [0.15, 0.2) is 0 Å². The fourth-order valence-corrected chi connectivity index (χ4v) is 3.07. The van der Waals surface area contributed by atoms with Gasteiger partial charge < -0.3 is 15.3 Å². The Morgan fingerprint density at radius 3 is 2.80 bits per heavy atom. The van der Waals surface area contributed by atoms with Crippen molar-refractivity contribution in [3.63, 3.8) is 0 Å². The number of rotatable bonds is 2. The molecule has 15 heavy (non-hydrogen) atoms. The lowest BCUT2D eigenvalue weighted by atomic mass is 9.82. The first-order valence-corrected chi connectivity index (χ1v) is 5.85. The fourth-order valence-electron chi connectivity index (χ4n) is 3.07. The Morgan fingerprint density at radius 2 is 2.27 bits per heavy atom. The molecule has 0 aromatic heterocycles. The van der Waals surface area contributed by atoms with Crippen LogP contribution < -0.4 is 5.32 Å². The largest absolute Gasteiger partial charge is 0.480 e. The number of aliphatic carboxylic acids is 1. The zero-order valence-electron chi connectivity index (χ0n) is 9.33. The first-order chi connectivity index (χ1) is 7.17. The molecule has 2 rings (SSSR count). The van der Waals surface area contributed by atoms with E-state index in [0.29, 0.717) is 0 Å². The lowest BCUT2D eigenvalue weighted by molar-refractivity contribution is -0.148. The topological polar surface area (TPSA) is 52.6 Å². The summed E-state index contributed by atoms with van der Waals surface area (Å²) >= 11 is 0. The SMILES string of the molecule is CN1CCCCC1C1(C(=O)O)CCCN1. The van der Waals surface area contributed by atoms with Crippen molar-refractivity contribution in [3.8, 4) is 0 Å². The number of nitrogens with one attached hydrogen (secondary N) is 1. The predicted molar refractivity (Wildman–Crippen MR) is 57.9 cm³/mol. The average Bonchev–Trinajstić information content (AvgIpc) is 2.68. The van der Waals surface area contributed by atoms with Gasteiger partial charge in [0.1, 0.15) is 5.54 Å². The third kappa shape index (κ3) is 1.76. The molecular weight excluding hydrogens is 192 g/mol. The zero-order valence-corrected chi connectivity index (χ0v) is 9.33. The highest BCUT2D eigenvalue weighted by atomic mass is 16.4. The van der Waals surface area contributed by atoms with E-state index < -0.39 is 11.5 Å². The van der Waals surface area contributed by atoms with E-state index in [2.05, 4.69) is 17.3 Å². The summed E-state index contributed by atoms with van der Waals surface area (Å²) in [6.45, 7) is 1.87. The maximum absolute atomic E-state index is 11.5. The molecule has 2 aliphatic rings. The predicted octanol–water partition coefficient (Wildman–Crippen LogP) is 0.677. The van der Waals surface area contributed by atoms with Crippen molar-refractivity contribution in [1.29, 1.82) is 0 Å². The monoisotopic (exact) mass is 212 g/mol. The van der Waals surface area contributed by atoms with Crippen LogP contribution in [0.5, 0.6) is 0 Å².